The van der Waals surface area contributed by atoms with E-state index in [2.05, 4.69) is 6.92 Å². The number of benzene rings is 1. The third-order valence-corrected chi connectivity index (χ3v) is 3.50. The lowest BCUT2D eigenvalue weighted by atomic mass is 10.0. The van der Waals surface area contributed by atoms with Crippen molar-refractivity contribution in [3.8, 4) is 5.75 Å². The Morgan fingerprint density at radius 3 is 2.74 bits per heavy atom. The summed E-state index contributed by atoms with van der Waals surface area (Å²) in [6.45, 7) is 3.97. The fourth-order valence-corrected chi connectivity index (χ4v) is 2.38. The largest absolute Gasteiger partial charge is 0.497 e. The van der Waals surface area contributed by atoms with E-state index in [1.807, 2.05) is 35.2 Å². The number of methoxy groups -OCH3 is 1. The Labute approximate surface area is 114 Å². The third kappa shape index (κ3) is 3.85. The standard InChI is InChI=1S/C16H21NO2/c1-13-4-3-11-17(12-13)16(18)10-7-14-5-8-15(19-2)9-6-14/h5-10,13H,3-4,11-12H2,1-2H3/b10-7+. The first-order valence-electron chi connectivity index (χ1n) is 6.80. The van der Waals surface area contributed by atoms with Gasteiger partial charge in [0.25, 0.3) is 0 Å². The van der Waals surface area contributed by atoms with Crippen LogP contribution in [0.4, 0.5) is 0 Å². The molecule has 1 aromatic rings. The van der Waals surface area contributed by atoms with Gasteiger partial charge in [0, 0.05) is 19.2 Å². The van der Waals surface area contributed by atoms with Crippen LogP contribution in [0.3, 0.4) is 0 Å². The Morgan fingerprint density at radius 2 is 2.11 bits per heavy atom. The fraction of sp³-hybridized carbons (Fsp3) is 0.438. The minimum Gasteiger partial charge on any atom is -0.497 e. The van der Waals surface area contributed by atoms with Gasteiger partial charge in [0.15, 0.2) is 0 Å². The van der Waals surface area contributed by atoms with Crippen LogP contribution in [0, 0.1) is 5.92 Å². The molecule has 0 N–H and O–H groups in total. The topological polar surface area (TPSA) is 29.5 Å². The van der Waals surface area contributed by atoms with E-state index in [1.54, 1.807) is 13.2 Å². The van der Waals surface area contributed by atoms with Gasteiger partial charge in [0.2, 0.25) is 5.91 Å². The molecule has 102 valence electrons. The molecular weight excluding hydrogens is 238 g/mol. The van der Waals surface area contributed by atoms with E-state index in [9.17, 15) is 4.79 Å². The van der Waals surface area contributed by atoms with Crippen molar-refractivity contribution in [3.05, 3.63) is 35.9 Å². The van der Waals surface area contributed by atoms with Gasteiger partial charge in [-0.2, -0.15) is 0 Å². The van der Waals surface area contributed by atoms with E-state index >= 15 is 0 Å². The first-order chi connectivity index (χ1) is 9.19. The maximum absolute atomic E-state index is 12.1. The SMILES string of the molecule is COc1ccc(/C=C/C(=O)N2CCCC(C)C2)cc1. The molecule has 3 nitrogen and oxygen atoms in total. The molecule has 1 fully saturated rings. The first kappa shape index (κ1) is 13.7. The van der Waals surface area contributed by atoms with Crippen LogP contribution < -0.4 is 4.74 Å². The lowest BCUT2D eigenvalue weighted by Gasteiger charge is -2.30. The van der Waals surface area contributed by atoms with Crippen LogP contribution >= 0.6 is 0 Å². The molecule has 3 heteroatoms. The molecule has 0 saturated carbocycles. The minimum absolute atomic E-state index is 0.113. The van der Waals surface area contributed by atoms with Crippen LogP contribution in [0.2, 0.25) is 0 Å². The summed E-state index contributed by atoms with van der Waals surface area (Å²) in [5.74, 6) is 1.56. The van der Waals surface area contributed by atoms with Gasteiger partial charge >= 0.3 is 0 Å². The second kappa shape index (κ2) is 6.41. The zero-order valence-electron chi connectivity index (χ0n) is 11.6. The molecule has 0 spiro atoms. The van der Waals surface area contributed by atoms with Gasteiger partial charge in [-0.3, -0.25) is 4.79 Å². The Morgan fingerprint density at radius 1 is 1.37 bits per heavy atom. The Bertz CT molecular complexity index is 450. The number of piperidine rings is 1. The van der Waals surface area contributed by atoms with E-state index in [4.69, 9.17) is 4.74 Å². The normalized spacial score (nSPS) is 19.7. The van der Waals surface area contributed by atoms with Crippen molar-refractivity contribution in [3.63, 3.8) is 0 Å². The smallest absolute Gasteiger partial charge is 0.246 e. The van der Waals surface area contributed by atoms with E-state index in [0.717, 1.165) is 30.8 Å². The Balaban J connectivity index is 1.95. The predicted octanol–water partition coefficient (Wildman–Crippen LogP) is 2.97. The van der Waals surface area contributed by atoms with Gasteiger partial charge in [0.1, 0.15) is 5.75 Å². The third-order valence-electron chi connectivity index (χ3n) is 3.50. The molecule has 0 bridgehead atoms. The molecule has 1 unspecified atom stereocenters. The van der Waals surface area contributed by atoms with Gasteiger partial charge in [-0.1, -0.05) is 19.1 Å². The summed E-state index contributed by atoms with van der Waals surface area (Å²) in [5, 5.41) is 0. The van der Waals surface area contributed by atoms with E-state index in [-0.39, 0.29) is 5.91 Å². The molecule has 1 heterocycles. The van der Waals surface area contributed by atoms with Gasteiger partial charge in [-0.15, -0.1) is 0 Å². The van der Waals surface area contributed by atoms with Gasteiger partial charge in [0.05, 0.1) is 7.11 Å². The quantitative estimate of drug-likeness (QED) is 0.781. The lowest BCUT2D eigenvalue weighted by Crippen LogP contribution is -2.38. The molecule has 0 aliphatic carbocycles. The number of nitrogens with zero attached hydrogens (tertiary/aromatic N) is 1. The molecule has 0 aromatic heterocycles. The van der Waals surface area contributed by atoms with Crippen LogP contribution in [0.25, 0.3) is 6.08 Å². The number of carbonyl (C=O) groups is 1. The van der Waals surface area contributed by atoms with Crippen molar-refractivity contribution in [1.29, 1.82) is 0 Å². The summed E-state index contributed by atoms with van der Waals surface area (Å²) in [4.78, 5) is 14.0. The molecule has 19 heavy (non-hydrogen) atoms. The first-order valence-corrected chi connectivity index (χ1v) is 6.80. The summed E-state index contributed by atoms with van der Waals surface area (Å²) >= 11 is 0. The van der Waals surface area contributed by atoms with Crippen molar-refractivity contribution >= 4 is 12.0 Å². The number of ether oxygens (including phenoxy) is 1. The average Bonchev–Trinajstić information content (AvgIpc) is 2.45. The van der Waals surface area contributed by atoms with Crippen molar-refractivity contribution in [2.75, 3.05) is 20.2 Å². The van der Waals surface area contributed by atoms with Gasteiger partial charge in [-0.25, -0.2) is 0 Å². The van der Waals surface area contributed by atoms with E-state index in [0.29, 0.717) is 5.92 Å². The molecule has 2 rings (SSSR count). The van der Waals surface area contributed by atoms with Crippen molar-refractivity contribution in [1.82, 2.24) is 4.90 Å². The Kier molecular flexibility index (Phi) is 4.61. The number of carbonyl (C=O) groups excluding carboxylic acids is 1. The Hall–Kier alpha value is -1.77. The molecule has 0 radical (unpaired) electrons. The monoisotopic (exact) mass is 259 g/mol. The maximum Gasteiger partial charge on any atom is 0.246 e. The number of rotatable bonds is 3. The van der Waals surface area contributed by atoms with Gasteiger partial charge in [-0.05, 0) is 42.5 Å². The average molecular weight is 259 g/mol. The highest BCUT2D eigenvalue weighted by Crippen LogP contribution is 2.16. The molecule has 1 aromatic carbocycles. The zero-order chi connectivity index (χ0) is 13.7. The van der Waals surface area contributed by atoms with Crippen molar-refractivity contribution in [2.45, 2.75) is 19.8 Å². The van der Waals surface area contributed by atoms with Crippen molar-refractivity contribution < 1.29 is 9.53 Å². The van der Waals surface area contributed by atoms with Crippen LogP contribution in [-0.4, -0.2) is 31.0 Å². The molecular formula is C16H21NO2. The second-order valence-corrected chi connectivity index (χ2v) is 5.14. The van der Waals surface area contributed by atoms with E-state index < -0.39 is 0 Å². The van der Waals surface area contributed by atoms with Crippen LogP contribution in [0.5, 0.6) is 5.75 Å². The van der Waals surface area contributed by atoms with Crippen LogP contribution in [-0.2, 0) is 4.79 Å². The van der Waals surface area contributed by atoms with Crippen molar-refractivity contribution in [2.24, 2.45) is 5.92 Å². The molecule has 1 saturated heterocycles. The fourth-order valence-electron chi connectivity index (χ4n) is 2.38. The second-order valence-electron chi connectivity index (χ2n) is 5.14. The minimum atomic E-state index is 0.113. The number of likely N-dealkylation sites (tertiary alicyclic amines) is 1. The molecule has 1 atom stereocenters. The predicted molar refractivity (Wildman–Crippen MR) is 77.0 cm³/mol. The number of amides is 1. The highest BCUT2D eigenvalue weighted by Gasteiger charge is 2.18. The summed E-state index contributed by atoms with van der Waals surface area (Å²) < 4.78 is 5.10. The summed E-state index contributed by atoms with van der Waals surface area (Å²) in [7, 11) is 1.64. The van der Waals surface area contributed by atoms with E-state index in [1.165, 1.54) is 6.42 Å². The van der Waals surface area contributed by atoms with Crippen LogP contribution in [0.15, 0.2) is 30.3 Å². The number of hydrogen-bond acceptors (Lipinski definition) is 2. The molecule has 1 aliphatic heterocycles. The van der Waals surface area contributed by atoms with Gasteiger partial charge < -0.3 is 9.64 Å². The molecule has 1 amide bonds. The lowest BCUT2D eigenvalue weighted by molar-refractivity contribution is -0.127. The molecule has 1 aliphatic rings. The summed E-state index contributed by atoms with van der Waals surface area (Å²) in [6.07, 6.45) is 5.87. The maximum atomic E-state index is 12.1. The summed E-state index contributed by atoms with van der Waals surface area (Å²) in [5.41, 5.74) is 1.01. The van der Waals surface area contributed by atoms with Crippen LogP contribution in [0.1, 0.15) is 25.3 Å². The highest BCUT2D eigenvalue weighted by molar-refractivity contribution is 5.91. The summed E-state index contributed by atoms with van der Waals surface area (Å²) in [6, 6.07) is 7.68. The highest BCUT2D eigenvalue weighted by atomic mass is 16.5. The number of hydrogen-bond donors (Lipinski definition) is 0. The zero-order valence-corrected chi connectivity index (χ0v) is 11.6.